The van der Waals surface area contributed by atoms with Crippen LogP contribution in [0, 0.1) is 0 Å². The van der Waals surface area contributed by atoms with Gasteiger partial charge in [-0.25, -0.2) is 17.6 Å². The van der Waals surface area contributed by atoms with Gasteiger partial charge in [0.05, 0.1) is 39.6 Å². The summed E-state index contributed by atoms with van der Waals surface area (Å²) in [6.45, 7) is -14.5. The number of quaternary nitrogens is 2. The smallest absolute Gasteiger partial charge is 0.380 e. The van der Waals surface area contributed by atoms with Gasteiger partial charge in [-0.2, -0.15) is 52.7 Å². The maximum Gasteiger partial charge on any atom is 0.380 e. The van der Waals surface area contributed by atoms with E-state index in [1.165, 1.54) is 0 Å². The highest BCUT2D eigenvalue weighted by molar-refractivity contribution is 4.98. The standard InChI is InChI=1S/C26H42F16N2O8/c27-19(28)23(35,36)25(39,40)21(31,32)15-51-13-17(49)11-43(3-7-45,4-8-46)1-2-44(5-9-47,6-10-48)12-18(50)14-52-16-22(33,34)26(41,42)24(37,38)20(29)30/h17-20,45-50H,1-16H2/q+2. The lowest BCUT2D eigenvalue weighted by atomic mass is 10.1. The van der Waals surface area contributed by atoms with Crippen molar-refractivity contribution in [3.05, 3.63) is 0 Å². The molecule has 0 rings (SSSR count). The molecule has 2 unspecified atom stereocenters. The van der Waals surface area contributed by atoms with Gasteiger partial charge < -0.3 is 49.1 Å². The van der Waals surface area contributed by atoms with Crippen molar-refractivity contribution in [1.82, 2.24) is 0 Å². The van der Waals surface area contributed by atoms with Crippen LogP contribution in [0.5, 0.6) is 0 Å². The maximum absolute atomic E-state index is 13.8. The number of alkyl halides is 16. The molecule has 0 saturated carbocycles. The number of halogens is 16. The number of hydrogen-bond acceptors (Lipinski definition) is 8. The van der Waals surface area contributed by atoms with E-state index in [0.29, 0.717) is 0 Å². The van der Waals surface area contributed by atoms with Gasteiger partial charge in [-0.1, -0.05) is 0 Å². The molecule has 10 nitrogen and oxygen atoms in total. The van der Waals surface area contributed by atoms with Gasteiger partial charge in [0, 0.05) is 0 Å². The lowest BCUT2D eigenvalue weighted by molar-refractivity contribution is -0.983. The van der Waals surface area contributed by atoms with Crippen LogP contribution in [0.3, 0.4) is 0 Å². The predicted molar refractivity (Wildman–Crippen MR) is 143 cm³/mol. The Balaban J connectivity index is 5.90. The van der Waals surface area contributed by atoms with Gasteiger partial charge in [0.2, 0.25) is 0 Å². The molecule has 0 aromatic carbocycles. The Morgan fingerprint density at radius 2 is 0.692 bits per heavy atom. The molecule has 0 radical (unpaired) electrons. The summed E-state index contributed by atoms with van der Waals surface area (Å²) in [6.07, 6.45) is -14.3. The van der Waals surface area contributed by atoms with E-state index in [0.717, 1.165) is 0 Å². The maximum atomic E-state index is 13.8. The van der Waals surface area contributed by atoms with Crippen molar-refractivity contribution < 1.29 is 119 Å². The highest BCUT2D eigenvalue weighted by atomic mass is 19.4. The van der Waals surface area contributed by atoms with Crippen LogP contribution in [0.4, 0.5) is 70.2 Å². The molecule has 26 heteroatoms. The molecule has 2 atom stereocenters. The summed E-state index contributed by atoms with van der Waals surface area (Å²) in [5.74, 6) is -37.9. The summed E-state index contributed by atoms with van der Waals surface area (Å²) < 4.78 is 218. The molecule has 6 N–H and O–H groups in total. The van der Waals surface area contributed by atoms with Crippen molar-refractivity contribution >= 4 is 0 Å². The zero-order chi connectivity index (χ0) is 41.0. The average molecular weight is 815 g/mol. The summed E-state index contributed by atoms with van der Waals surface area (Å²) in [6, 6.07) is 0. The van der Waals surface area contributed by atoms with Crippen LogP contribution in [0.1, 0.15) is 0 Å². The largest absolute Gasteiger partial charge is 0.391 e. The van der Waals surface area contributed by atoms with Gasteiger partial charge in [-0.3, -0.25) is 0 Å². The summed E-state index contributed by atoms with van der Waals surface area (Å²) in [5.41, 5.74) is 0. The molecule has 0 aromatic heterocycles. The lowest BCUT2D eigenvalue weighted by Gasteiger charge is -2.44. The first kappa shape index (κ1) is 50.5. The quantitative estimate of drug-likeness (QED) is 0.0496. The Bertz CT molecular complexity index is 943. The van der Waals surface area contributed by atoms with E-state index in [1.807, 2.05) is 0 Å². The first-order valence-electron chi connectivity index (χ1n) is 15.0. The van der Waals surface area contributed by atoms with Gasteiger partial charge in [-0.15, -0.1) is 0 Å². The van der Waals surface area contributed by atoms with E-state index in [2.05, 4.69) is 9.47 Å². The first-order chi connectivity index (χ1) is 23.5. The summed E-state index contributed by atoms with van der Waals surface area (Å²) in [7, 11) is 0. The molecule has 0 saturated heterocycles. The third kappa shape index (κ3) is 12.5. The van der Waals surface area contributed by atoms with E-state index in [4.69, 9.17) is 0 Å². The Morgan fingerprint density at radius 1 is 0.442 bits per heavy atom. The van der Waals surface area contributed by atoms with Crippen molar-refractivity contribution in [1.29, 1.82) is 0 Å². The van der Waals surface area contributed by atoms with Gasteiger partial charge in [0.25, 0.3) is 0 Å². The predicted octanol–water partition coefficient (Wildman–Crippen LogP) is 1.69. The van der Waals surface area contributed by atoms with Gasteiger partial charge in [-0.05, 0) is 0 Å². The van der Waals surface area contributed by atoms with Crippen molar-refractivity contribution in [2.75, 3.05) is 105 Å². The van der Waals surface area contributed by atoms with E-state index in [9.17, 15) is 101 Å². The lowest BCUT2D eigenvalue weighted by Crippen LogP contribution is -2.64. The second-order valence-electron chi connectivity index (χ2n) is 12.0. The number of rotatable bonds is 29. The molecule has 0 aliphatic heterocycles. The van der Waals surface area contributed by atoms with Gasteiger partial charge in [0.1, 0.15) is 77.8 Å². The van der Waals surface area contributed by atoms with Crippen LogP contribution < -0.4 is 0 Å². The minimum Gasteiger partial charge on any atom is -0.391 e. The minimum absolute atomic E-state index is 0.367. The normalized spacial score (nSPS) is 15.9. The average Bonchev–Trinajstić information content (AvgIpc) is 2.99. The fraction of sp³-hybridized carbons (Fsp3) is 1.00. The van der Waals surface area contributed by atoms with Crippen molar-refractivity contribution in [2.45, 2.75) is 60.6 Å². The molecule has 0 heterocycles. The summed E-state index contributed by atoms with van der Waals surface area (Å²) in [4.78, 5) is 0. The van der Waals surface area contributed by atoms with Gasteiger partial charge in [0.15, 0.2) is 0 Å². The van der Waals surface area contributed by atoms with Crippen molar-refractivity contribution in [3.8, 4) is 0 Å². The molecule has 0 fully saturated rings. The third-order valence-electron chi connectivity index (χ3n) is 8.03. The van der Waals surface area contributed by atoms with E-state index in [-0.39, 0.29) is 13.1 Å². The monoisotopic (exact) mass is 814 g/mol. The molecule has 0 aliphatic carbocycles. The second-order valence-corrected chi connectivity index (χ2v) is 12.0. The van der Waals surface area contributed by atoms with E-state index < -0.39 is 162 Å². The van der Waals surface area contributed by atoms with Crippen LogP contribution in [0.2, 0.25) is 0 Å². The van der Waals surface area contributed by atoms with E-state index >= 15 is 0 Å². The third-order valence-corrected chi connectivity index (χ3v) is 8.03. The van der Waals surface area contributed by atoms with Gasteiger partial charge >= 0.3 is 48.4 Å². The fourth-order valence-electron chi connectivity index (χ4n) is 5.08. The minimum atomic E-state index is -6.60. The highest BCUT2D eigenvalue weighted by Crippen LogP contribution is 2.49. The van der Waals surface area contributed by atoms with Crippen LogP contribution in [-0.4, -0.2) is 205 Å². The molecule has 0 amide bonds. The summed E-state index contributed by atoms with van der Waals surface area (Å²) >= 11 is 0. The Labute approximate surface area is 285 Å². The number of aliphatic hydroxyl groups excluding tert-OH is 6. The number of ether oxygens (including phenoxy) is 2. The van der Waals surface area contributed by atoms with Crippen molar-refractivity contribution in [2.24, 2.45) is 0 Å². The van der Waals surface area contributed by atoms with Crippen LogP contribution in [0.15, 0.2) is 0 Å². The molecule has 0 spiro atoms. The Kier molecular flexibility index (Phi) is 19.3. The number of aliphatic hydroxyl groups is 6. The fourth-order valence-corrected chi connectivity index (χ4v) is 5.08. The second kappa shape index (κ2) is 19.9. The molecule has 314 valence electrons. The highest BCUT2D eigenvalue weighted by Gasteiger charge is 2.76. The van der Waals surface area contributed by atoms with Crippen LogP contribution in [-0.2, 0) is 9.47 Å². The Morgan fingerprint density at radius 3 is 0.904 bits per heavy atom. The molecule has 0 aliphatic rings. The molecular weight excluding hydrogens is 772 g/mol. The molecule has 0 aromatic rings. The SMILES string of the molecule is OCC[N+](CCO)(CC[N+](CCO)(CCO)CC(O)COCC(F)(F)C(F)(F)C(F)(F)C(F)F)CC(O)COCC(F)(F)C(F)(F)C(F)(F)C(F)F. The topological polar surface area (TPSA) is 140 Å². The summed E-state index contributed by atoms with van der Waals surface area (Å²) in [5, 5.41) is 59.4. The van der Waals surface area contributed by atoms with Crippen LogP contribution in [0.25, 0.3) is 0 Å². The molecular formula is C26H42F16N2O8+2. The molecule has 52 heavy (non-hydrogen) atoms. The first-order valence-corrected chi connectivity index (χ1v) is 15.0. The Hall–Kier alpha value is -1.52. The number of nitrogens with zero attached hydrogens (tertiary/aromatic N) is 2. The zero-order valence-electron chi connectivity index (χ0n) is 27.1. The van der Waals surface area contributed by atoms with E-state index in [1.54, 1.807) is 0 Å². The molecule has 0 bridgehead atoms. The van der Waals surface area contributed by atoms with Crippen molar-refractivity contribution in [3.63, 3.8) is 0 Å². The number of hydrogen-bond donors (Lipinski definition) is 6. The van der Waals surface area contributed by atoms with Crippen LogP contribution >= 0.6 is 0 Å². The zero-order valence-corrected chi connectivity index (χ0v) is 27.1.